The fourth-order valence-electron chi connectivity index (χ4n) is 4.45. The predicted molar refractivity (Wildman–Crippen MR) is 144 cm³/mol. The van der Waals surface area contributed by atoms with Crippen LogP contribution in [0.15, 0.2) is 91.1 Å². The summed E-state index contributed by atoms with van der Waals surface area (Å²) >= 11 is 0. The lowest BCUT2D eigenvalue weighted by molar-refractivity contribution is 0.252. The van der Waals surface area contributed by atoms with Gasteiger partial charge in [-0.15, -0.1) is 0 Å². The van der Waals surface area contributed by atoms with Gasteiger partial charge in [-0.3, -0.25) is 4.90 Å². The molecule has 1 aromatic heterocycles. The molecule has 4 nitrogen and oxygen atoms in total. The summed E-state index contributed by atoms with van der Waals surface area (Å²) in [4.78, 5) is 7.41. The number of hydrogen-bond acceptors (Lipinski definition) is 3. The Kier molecular flexibility index (Phi) is 9.13. The van der Waals surface area contributed by atoms with Crippen molar-refractivity contribution in [3.63, 3.8) is 0 Å². The van der Waals surface area contributed by atoms with Crippen molar-refractivity contribution in [1.29, 1.82) is 0 Å². The van der Waals surface area contributed by atoms with Crippen LogP contribution in [0.4, 0.5) is 0 Å². The van der Waals surface area contributed by atoms with Gasteiger partial charge in [0.15, 0.2) is 0 Å². The van der Waals surface area contributed by atoms with Crippen LogP contribution in [0.3, 0.4) is 0 Å². The largest absolute Gasteiger partial charge is 0.494 e. The molecule has 35 heavy (non-hydrogen) atoms. The molecule has 0 aliphatic heterocycles. The van der Waals surface area contributed by atoms with E-state index in [1.807, 2.05) is 13.0 Å². The minimum Gasteiger partial charge on any atom is -0.494 e. The SMILES string of the molecule is CCCCn1c(CN(CCc2ccccc2)Cc2cccc(OCC)c2)cnc1-c1ccccc1. The van der Waals surface area contributed by atoms with Crippen LogP contribution in [0.5, 0.6) is 5.75 Å². The fraction of sp³-hybridized carbons (Fsp3) is 0.323. The average Bonchev–Trinajstić information content (AvgIpc) is 3.29. The van der Waals surface area contributed by atoms with Gasteiger partial charge < -0.3 is 9.30 Å². The molecule has 4 heteroatoms. The molecule has 1 heterocycles. The first-order valence-electron chi connectivity index (χ1n) is 12.8. The summed E-state index contributed by atoms with van der Waals surface area (Å²) in [5.74, 6) is 2.00. The third kappa shape index (κ3) is 7.06. The van der Waals surface area contributed by atoms with Crippen molar-refractivity contribution < 1.29 is 4.74 Å². The van der Waals surface area contributed by atoms with E-state index in [0.717, 1.165) is 57.0 Å². The first kappa shape index (κ1) is 24.7. The molecule has 3 aromatic carbocycles. The second kappa shape index (κ2) is 12.9. The van der Waals surface area contributed by atoms with Gasteiger partial charge in [0.2, 0.25) is 0 Å². The smallest absolute Gasteiger partial charge is 0.140 e. The van der Waals surface area contributed by atoms with Crippen LogP contribution in [-0.2, 0) is 26.1 Å². The summed E-state index contributed by atoms with van der Waals surface area (Å²) in [5.41, 5.74) is 5.08. The monoisotopic (exact) mass is 467 g/mol. The van der Waals surface area contributed by atoms with Crippen LogP contribution < -0.4 is 4.74 Å². The van der Waals surface area contributed by atoms with E-state index in [2.05, 4.69) is 101 Å². The quantitative estimate of drug-likeness (QED) is 0.212. The van der Waals surface area contributed by atoms with Crippen molar-refractivity contribution in [1.82, 2.24) is 14.5 Å². The molecule has 0 unspecified atom stereocenters. The number of nitrogens with zero attached hydrogens (tertiary/aromatic N) is 3. The van der Waals surface area contributed by atoms with Crippen LogP contribution in [0.25, 0.3) is 11.4 Å². The molecule has 4 aromatic rings. The van der Waals surface area contributed by atoms with Gasteiger partial charge in [-0.2, -0.15) is 0 Å². The zero-order valence-corrected chi connectivity index (χ0v) is 21.1. The lowest BCUT2D eigenvalue weighted by Crippen LogP contribution is -2.27. The Morgan fingerprint density at radius 1 is 0.829 bits per heavy atom. The molecule has 0 saturated heterocycles. The lowest BCUT2D eigenvalue weighted by Gasteiger charge is -2.24. The predicted octanol–water partition coefficient (Wildman–Crippen LogP) is 6.99. The molecule has 0 saturated carbocycles. The van der Waals surface area contributed by atoms with Gasteiger partial charge in [0.05, 0.1) is 18.5 Å². The summed E-state index contributed by atoms with van der Waals surface area (Å²) in [7, 11) is 0. The third-order valence-electron chi connectivity index (χ3n) is 6.27. The molecule has 182 valence electrons. The van der Waals surface area contributed by atoms with E-state index in [4.69, 9.17) is 9.72 Å². The highest BCUT2D eigenvalue weighted by Crippen LogP contribution is 2.23. The lowest BCUT2D eigenvalue weighted by atomic mass is 10.1. The molecule has 4 rings (SSSR count). The Bertz CT molecular complexity index is 1150. The van der Waals surface area contributed by atoms with Crippen molar-refractivity contribution >= 4 is 0 Å². The minimum atomic E-state index is 0.681. The highest BCUT2D eigenvalue weighted by Gasteiger charge is 2.16. The van der Waals surface area contributed by atoms with Gasteiger partial charge in [0.25, 0.3) is 0 Å². The van der Waals surface area contributed by atoms with Crippen molar-refractivity contribution in [2.75, 3.05) is 13.2 Å². The first-order chi connectivity index (χ1) is 17.3. The standard InChI is InChI=1S/C31H37N3O/c1-3-5-20-34-29(23-32-31(34)28-16-10-7-11-17-28)25-33(21-19-26-13-8-6-9-14-26)24-27-15-12-18-30(22-27)35-4-2/h6-18,22-23H,3-5,19-21,24-25H2,1-2H3. The van der Waals surface area contributed by atoms with Crippen LogP contribution in [0.2, 0.25) is 0 Å². The maximum absolute atomic E-state index is 5.76. The van der Waals surface area contributed by atoms with Gasteiger partial charge in [-0.25, -0.2) is 4.98 Å². The zero-order chi connectivity index (χ0) is 24.3. The molecule has 0 N–H and O–H groups in total. The minimum absolute atomic E-state index is 0.681. The number of ether oxygens (including phenoxy) is 1. The Balaban J connectivity index is 1.59. The van der Waals surface area contributed by atoms with Gasteiger partial charge in [-0.05, 0) is 43.0 Å². The van der Waals surface area contributed by atoms with Gasteiger partial charge in [-0.1, -0.05) is 86.1 Å². The number of hydrogen-bond donors (Lipinski definition) is 0. The number of unbranched alkanes of at least 4 members (excludes halogenated alkanes) is 1. The van der Waals surface area contributed by atoms with Gasteiger partial charge in [0.1, 0.15) is 11.6 Å². The molecule has 0 aliphatic rings. The molecule has 0 fully saturated rings. The van der Waals surface area contributed by atoms with E-state index in [0.29, 0.717) is 6.61 Å². The van der Waals surface area contributed by atoms with E-state index < -0.39 is 0 Å². The Morgan fingerprint density at radius 2 is 1.57 bits per heavy atom. The molecule has 0 amide bonds. The van der Waals surface area contributed by atoms with E-state index in [1.165, 1.54) is 22.4 Å². The molecule has 0 bridgehead atoms. The molecule has 0 radical (unpaired) electrons. The normalized spacial score (nSPS) is 11.2. The highest BCUT2D eigenvalue weighted by molar-refractivity contribution is 5.55. The Labute approximate surface area is 210 Å². The number of rotatable bonds is 13. The topological polar surface area (TPSA) is 30.3 Å². The fourth-order valence-corrected chi connectivity index (χ4v) is 4.45. The third-order valence-corrected chi connectivity index (χ3v) is 6.27. The zero-order valence-electron chi connectivity index (χ0n) is 21.1. The summed E-state index contributed by atoms with van der Waals surface area (Å²) < 4.78 is 8.18. The summed E-state index contributed by atoms with van der Waals surface area (Å²) in [6.07, 6.45) is 5.39. The number of benzene rings is 3. The molecule has 0 spiro atoms. The van der Waals surface area contributed by atoms with Crippen molar-refractivity contribution in [3.05, 3.63) is 108 Å². The van der Waals surface area contributed by atoms with E-state index in [1.54, 1.807) is 0 Å². The van der Waals surface area contributed by atoms with Crippen molar-refractivity contribution in [3.8, 4) is 17.1 Å². The second-order valence-corrected chi connectivity index (χ2v) is 8.97. The maximum Gasteiger partial charge on any atom is 0.140 e. The molecular weight excluding hydrogens is 430 g/mol. The van der Waals surface area contributed by atoms with E-state index in [9.17, 15) is 0 Å². The molecule has 0 atom stereocenters. The Hall–Kier alpha value is -3.37. The highest BCUT2D eigenvalue weighted by atomic mass is 16.5. The molecule has 0 aliphatic carbocycles. The van der Waals surface area contributed by atoms with Gasteiger partial charge in [0, 0.05) is 31.7 Å². The van der Waals surface area contributed by atoms with E-state index in [-0.39, 0.29) is 0 Å². The first-order valence-corrected chi connectivity index (χ1v) is 12.8. The Morgan fingerprint density at radius 3 is 2.31 bits per heavy atom. The van der Waals surface area contributed by atoms with Gasteiger partial charge >= 0.3 is 0 Å². The number of imidazole rings is 1. The number of aromatic nitrogens is 2. The van der Waals surface area contributed by atoms with Crippen molar-refractivity contribution in [2.45, 2.75) is 52.7 Å². The van der Waals surface area contributed by atoms with Crippen LogP contribution in [0, 0.1) is 0 Å². The maximum atomic E-state index is 5.76. The summed E-state index contributed by atoms with van der Waals surface area (Å²) in [5, 5.41) is 0. The van der Waals surface area contributed by atoms with Crippen LogP contribution in [0.1, 0.15) is 43.5 Å². The van der Waals surface area contributed by atoms with Crippen molar-refractivity contribution in [2.24, 2.45) is 0 Å². The summed E-state index contributed by atoms with van der Waals surface area (Å²) in [6.45, 7) is 8.64. The molecular formula is C31H37N3O. The second-order valence-electron chi connectivity index (χ2n) is 8.97. The van der Waals surface area contributed by atoms with E-state index >= 15 is 0 Å². The average molecular weight is 468 g/mol. The van der Waals surface area contributed by atoms with Crippen LogP contribution in [-0.4, -0.2) is 27.6 Å². The van der Waals surface area contributed by atoms with Crippen LogP contribution >= 0.6 is 0 Å². The summed E-state index contributed by atoms with van der Waals surface area (Å²) in [6, 6.07) is 29.8.